The molecule has 0 atom stereocenters. The predicted octanol–water partition coefficient (Wildman–Crippen LogP) is 4.38. The van der Waals surface area contributed by atoms with Gasteiger partial charge in [0.1, 0.15) is 0 Å². The van der Waals surface area contributed by atoms with E-state index in [1.54, 1.807) is 0 Å². The third kappa shape index (κ3) is 20.1. The molecule has 0 heterocycles. The highest BCUT2D eigenvalue weighted by Gasteiger charge is 2.16. The zero-order valence-corrected chi connectivity index (χ0v) is 14.5. The van der Waals surface area contributed by atoms with Gasteiger partial charge in [0.15, 0.2) is 0 Å². The molecule has 16 heavy (non-hydrogen) atoms. The molecule has 100 valence electrons. The van der Waals surface area contributed by atoms with Gasteiger partial charge in [0, 0.05) is 13.6 Å². The molecule has 0 unspecified atom stereocenters. The van der Waals surface area contributed by atoms with Crippen LogP contribution in [0.5, 0.6) is 0 Å². The minimum atomic E-state index is 0.242. The van der Waals surface area contributed by atoms with Crippen LogP contribution in [-0.4, -0.2) is 29.7 Å². The van der Waals surface area contributed by atoms with E-state index >= 15 is 0 Å². The van der Waals surface area contributed by atoms with E-state index in [-0.39, 0.29) is 5.41 Å². The molecular formula is C13H30INO. The van der Waals surface area contributed by atoms with Crippen molar-refractivity contribution in [2.75, 3.05) is 24.6 Å². The zero-order chi connectivity index (χ0) is 13.4. The normalized spacial score (nSPS) is 12.4. The molecule has 0 N–H and O–H groups in total. The Morgan fingerprint density at radius 3 is 1.62 bits per heavy atom. The largest absolute Gasteiger partial charge is 0.299 e. The fraction of sp³-hybridized carbons (Fsp3) is 1.00. The summed E-state index contributed by atoms with van der Waals surface area (Å²) >= 11 is 2.29. The molecule has 0 amide bonds. The molecule has 0 aliphatic heterocycles. The molecule has 0 radical (unpaired) electrons. The molecule has 0 aromatic heterocycles. The van der Waals surface area contributed by atoms with E-state index in [1.165, 1.54) is 4.43 Å². The maximum atomic E-state index is 5.62. The summed E-state index contributed by atoms with van der Waals surface area (Å²) in [4.78, 5) is 5.62. The maximum Gasteiger partial charge on any atom is 0.0733 e. The van der Waals surface area contributed by atoms with Gasteiger partial charge in [0.25, 0.3) is 0 Å². The molecule has 0 aliphatic rings. The Morgan fingerprint density at radius 1 is 1.00 bits per heavy atom. The van der Waals surface area contributed by atoms with Crippen molar-refractivity contribution in [3.8, 4) is 0 Å². The van der Waals surface area contributed by atoms with Crippen molar-refractivity contribution < 1.29 is 4.84 Å². The molecule has 0 saturated heterocycles. The first-order chi connectivity index (χ1) is 7.02. The number of hydrogen-bond donors (Lipinski definition) is 0. The lowest BCUT2D eigenvalue weighted by atomic mass is 9.97. The van der Waals surface area contributed by atoms with Crippen LogP contribution in [0.3, 0.4) is 0 Å². The smallest absolute Gasteiger partial charge is 0.0733 e. The first-order valence-corrected chi connectivity index (χ1v) is 7.44. The Labute approximate surface area is 116 Å². The minimum absolute atomic E-state index is 0.242. The van der Waals surface area contributed by atoms with Gasteiger partial charge in [-0.25, -0.2) is 0 Å². The second kappa shape index (κ2) is 8.70. The van der Waals surface area contributed by atoms with Crippen LogP contribution >= 0.6 is 22.6 Å². The van der Waals surface area contributed by atoms with E-state index in [0.717, 1.165) is 13.2 Å². The maximum absolute atomic E-state index is 5.62. The Bertz CT molecular complexity index is 158. The first-order valence-electron chi connectivity index (χ1n) is 5.92. The third-order valence-electron chi connectivity index (χ3n) is 1.41. The van der Waals surface area contributed by atoms with Crippen molar-refractivity contribution in [1.82, 2.24) is 5.06 Å². The number of alkyl halides is 1. The van der Waals surface area contributed by atoms with Gasteiger partial charge in [0.2, 0.25) is 0 Å². The van der Waals surface area contributed by atoms with E-state index < -0.39 is 0 Å². The molecule has 0 rings (SSSR count). The van der Waals surface area contributed by atoms with E-state index in [9.17, 15) is 0 Å². The molecule has 0 aromatic rings. The van der Waals surface area contributed by atoms with Crippen molar-refractivity contribution >= 4 is 22.6 Å². The number of nitrogens with zero attached hydrogens (tertiary/aromatic N) is 1. The number of hydroxylamine groups is 2. The Balaban J connectivity index is 0. The summed E-state index contributed by atoms with van der Waals surface area (Å²) in [6.07, 6.45) is 0. The monoisotopic (exact) mass is 343 g/mol. The Kier molecular flexibility index (Phi) is 10.3. The van der Waals surface area contributed by atoms with Crippen LogP contribution < -0.4 is 0 Å². The molecule has 2 nitrogen and oxygen atoms in total. The second-order valence-electron chi connectivity index (χ2n) is 6.45. The summed E-state index contributed by atoms with van der Waals surface area (Å²) in [5.41, 5.74) is 0.540. The second-order valence-corrected chi connectivity index (χ2v) is 7.97. The Hall–Kier alpha value is 0.650. The van der Waals surface area contributed by atoms with E-state index in [4.69, 9.17) is 4.84 Å². The predicted molar refractivity (Wildman–Crippen MR) is 82.1 cm³/mol. The quantitative estimate of drug-likeness (QED) is 0.428. The van der Waals surface area contributed by atoms with Gasteiger partial charge in [-0.3, -0.25) is 4.84 Å². The molecule has 0 fully saturated rings. The molecule has 0 aliphatic carbocycles. The van der Waals surface area contributed by atoms with Crippen molar-refractivity contribution in [3.63, 3.8) is 0 Å². The molecule has 0 spiro atoms. The summed E-state index contributed by atoms with van der Waals surface area (Å²) in [5.74, 6) is 0. The molecule has 0 saturated carbocycles. The summed E-state index contributed by atoms with van der Waals surface area (Å²) in [5, 5.41) is 1.94. The van der Waals surface area contributed by atoms with Crippen molar-refractivity contribution in [2.45, 2.75) is 48.5 Å². The zero-order valence-electron chi connectivity index (χ0n) is 12.4. The number of rotatable bonds is 3. The lowest BCUT2D eigenvalue weighted by molar-refractivity contribution is -0.173. The van der Waals surface area contributed by atoms with Gasteiger partial charge in [-0.2, -0.15) is 5.06 Å². The van der Waals surface area contributed by atoms with Gasteiger partial charge in [-0.15, -0.1) is 0 Å². The molecule has 0 aromatic carbocycles. The molecular weight excluding hydrogens is 313 g/mol. The summed E-state index contributed by atoms with van der Waals surface area (Å²) in [6, 6.07) is 0. The summed E-state index contributed by atoms with van der Waals surface area (Å²) in [6.45, 7) is 17.0. The standard InChI is InChI=1S/C11H25NO.C2H5I/c1-10(2,3)8-12(7)13-9-11(4,5)6;1-2-3/h8-9H2,1-7H3;2H2,1H3. The SMILES string of the molecule is CCI.CN(CC(C)(C)C)OCC(C)(C)C. The van der Waals surface area contributed by atoms with Crippen LogP contribution in [0.4, 0.5) is 0 Å². The topological polar surface area (TPSA) is 12.5 Å². The lowest BCUT2D eigenvalue weighted by Crippen LogP contribution is -2.32. The van der Waals surface area contributed by atoms with Crippen LogP contribution in [0.1, 0.15) is 48.5 Å². The van der Waals surface area contributed by atoms with Gasteiger partial charge in [-0.05, 0) is 15.3 Å². The minimum Gasteiger partial charge on any atom is -0.299 e. The number of hydrogen-bond acceptors (Lipinski definition) is 2. The van der Waals surface area contributed by atoms with Crippen LogP contribution in [0, 0.1) is 10.8 Å². The van der Waals surface area contributed by atoms with E-state index in [1.807, 2.05) is 12.1 Å². The van der Waals surface area contributed by atoms with Gasteiger partial charge < -0.3 is 0 Å². The van der Waals surface area contributed by atoms with Gasteiger partial charge in [0.05, 0.1) is 6.61 Å². The highest BCUT2D eigenvalue weighted by atomic mass is 127. The highest BCUT2D eigenvalue weighted by molar-refractivity contribution is 14.1. The molecule has 0 bridgehead atoms. The summed E-state index contributed by atoms with van der Waals surface area (Å²) in [7, 11) is 2.00. The Morgan fingerprint density at radius 2 is 1.38 bits per heavy atom. The van der Waals surface area contributed by atoms with Crippen LogP contribution in [-0.2, 0) is 4.84 Å². The highest BCUT2D eigenvalue weighted by Crippen LogP contribution is 2.17. The van der Waals surface area contributed by atoms with Crippen molar-refractivity contribution in [3.05, 3.63) is 0 Å². The van der Waals surface area contributed by atoms with Crippen molar-refractivity contribution in [1.29, 1.82) is 0 Å². The fourth-order valence-electron chi connectivity index (χ4n) is 1.02. The molecule has 3 heteroatoms. The summed E-state index contributed by atoms with van der Waals surface area (Å²) < 4.78 is 1.22. The van der Waals surface area contributed by atoms with Crippen LogP contribution in [0.2, 0.25) is 0 Å². The van der Waals surface area contributed by atoms with E-state index in [0.29, 0.717) is 5.41 Å². The first kappa shape index (κ1) is 19.0. The average Bonchev–Trinajstić information content (AvgIpc) is 1.98. The lowest BCUT2D eigenvalue weighted by Gasteiger charge is -2.28. The van der Waals surface area contributed by atoms with Crippen LogP contribution in [0.25, 0.3) is 0 Å². The van der Waals surface area contributed by atoms with Crippen LogP contribution in [0.15, 0.2) is 0 Å². The number of halogens is 1. The van der Waals surface area contributed by atoms with Crippen molar-refractivity contribution in [2.24, 2.45) is 10.8 Å². The van der Waals surface area contributed by atoms with Gasteiger partial charge >= 0.3 is 0 Å². The van der Waals surface area contributed by atoms with Gasteiger partial charge in [-0.1, -0.05) is 71.1 Å². The fourth-order valence-corrected chi connectivity index (χ4v) is 1.02. The van der Waals surface area contributed by atoms with E-state index in [2.05, 4.69) is 71.1 Å². The average molecular weight is 343 g/mol. The third-order valence-corrected chi connectivity index (χ3v) is 1.41.